The van der Waals surface area contributed by atoms with Gasteiger partial charge in [0.15, 0.2) is 0 Å². The summed E-state index contributed by atoms with van der Waals surface area (Å²) in [6, 6.07) is 4.56. The Balaban J connectivity index is 1.65. The predicted molar refractivity (Wildman–Crippen MR) is 186 cm³/mol. The van der Waals surface area contributed by atoms with E-state index in [1.54, 1.807) is 22.7 Å². The second kappa shape index (κ2) is 11.9. The fourth-order valence-electron chi connectivity index (χ4n) is 5.84. The summed E-state index contributed by atoms with van der Waals surface area (Å²) in [5.41, 5.74) is 0.227. The van der Waals surface area contributed by atoms with Crippen LogP contribution >= 0.6 is 45.3 Å². The highest BCUT2D eigenvalue weighted by atomic mass is 32.2. The third kappa shape index (κ3) is 5.44. The van der Waals surface area contributed by atoms with Crippen molar-refractivity contribution in [3.63, 3.8) is 0 Å². The quantitative estimate of drug-likeness (QED) is 0.143. The van der Waals surface area contributed by atoms with Crippen LogP contribution in [0, 0.1) is 5.92 Å². The van der Waals surface area contributed by atoms with Crippen molar-refractivity contribution < 1.29 is 13.2 Å². The molecular formula is C33H45NO3S5. The first kappa shape index (κ1) is 32.1. The fraction of sp³-hybridized carbons (Fsp3) is 0.606. The summed E-state index contributed by atoms with van der Waals surface area (Å²) in [5, 5.41) is 0. The molecule has 1 unspecified atom stereocenters. The number of hydrogen-bond donors (Lipinski definition) is 0. The van der Waals surface area contributed by atoms with E-state index < -0.39 is 10.0 Å². The summed E-state index contributed by atoms with van der Waals surface area (Å²) in [7, 11) is -3.92. The van der Waals surface area contributed by atoms with E-state index in [2.05, 4.69) is 67.5 Å². The molecule has 0 aliphatic carbocycles. The molecule has 0 fully saturated rings. The predicted octanol–water partition coefficient (Wildman–Crippen LogP) is 11.4. The van der Waals surface area contributed by atoms with Gasteiger partial charge in [-0.05, 0) is 42.7 Å². The zero-order chi connectivity index (χ0) is 30.6. The van der Waals surface area contributed by atoms with Crippen molar-refractivity contribution >= 4 is 80.1 Å². The van der Waals surface area contributed by atoms with E-state index in [-0.39, 0.29) is 29.2 Å². The number of sulfonamides is 1. The monoisotopic (exact) mass is 663 g/mol. The summed E-state index contributed by atoms with van der Waals surface area (Å²) < 4.78 is 34.9. The number of carbonyl (C=O) groups excluding carboxylic acids is 1. The van der Waals surface area contributed by atoms with Gasteiger partial charge < -0.3 is 0 Å². The van der Waals surface area contributed by atoms with E-state index >= 15 is 0 Å². The van der Waals surface area contributed by atoms with Gasteiger partial charge in [-0.3, -0.25) is 4.79 Å². The third-order valence-electron chi connectivity index (χ3n) is 9.19. The van der Waals surface area contributed by atoms with Gasteiger partial charge in [0.25, 0.3) is 15.9 Å². The van der Waals surface area contributed by atoms with E-state index in [1.165, 1.54) is 28.0 Å². The normalized spacial score (nSPS) is 16.3. The van der Waals surface area contributed by atoms with E-state index in [0.717, 1.165) is 66.0 Å². The Kier molecular flexibility index (Phi) is 9.12. The second-order valence-electron chi connectivity index (χ2n) is 13.2. The Morgan fingerprint density at radius 1 is 0.857 bits per heavy atom. The molecule has 1 amide bonds. The van der Waals surface area contributed by atoms with Gasteiger partial charge in [0.2, 0.25) is 0 Å². The van der Waals surface area contributed by atoms with Crippen LogP contribution in [0.2, 0.25) is 0 Å². The standard InChI is InChI=1S/C33H45NO3S5/c1-9-13-15-20(11-3)19-34-31(35)25-26(41-30(29(25)42(34,36)37)33(7,8)16-14-10-2)21-17-22-27(39-21)28-23(38-22)18-24(40-28)32(5,6)12-4/h17-18,20H,9-16,19H2,1-8H3. The maximum absolute atomic E-state index is 14.2. The highest BCUT2D eigenvalue weighted by Gasteiger charge is 2.49. The number of unbranched alkanes of at least 4 members (excludes halogenated alkanes) is 2. The lowest BCUT2D eigenvalue weighted by atomic mass is 9.85. The van der Waals surface area contributed by atoms with Crippen LogP contribution in [0.3, 0.4) is 0 Å². The van der Waals surface area contributed by atoms with Crippen molar-refractivity contribution in [1.29, 1.82) is 0 Å². The molecule has 5 rings (SSSR count). The lowest BCUT2D eigenvalue weighted by molar-refractivity contribution is 0.0855. The van der Waals surface area contributed by atoms with Crippen molar-refractivity contribution in [3.8, 4) is 9.75 Å². The summed E-state index contributed by atoms with van der Waals surface area (Å²) in [6.45, 7) is 17.8. The summed E-state index contributed by atoms with van der Waals surface area (Å²) in [5.74, 6) is -0.147. The lowest BCUT2D eigenvalue weighted by Crippen LogP contribution is -2.35. The van der Waals surface area contributed by atoms with Gasteiger partial charge >= 0.3 is 0 Å². The Morgan fingerprint density at radius 3 is 2.17 bits per heavy atom. The molecule has 1 aliphatic rings. The molecule has 5 heterocycles. The fourth-order valence-corrected chi connectivity index (χ4v) is 13.9. The minimum atomic E-state index is -3.92. The van der Waals surface area contributed by atoms with E-state index in [1.807, 2.05) is 22.7 Å². The summed E-state index contributed by atoms with van der Waals surface area (Å²) in [4.78, 5) is 18.6. The second-order valence-corrected chi connectivity index (χ2v) is 19.2. The van der Waals surface area contributed by atoms with Crippen molar-refractivity contribution in [2.24, 2.45) is 5.92 Å². The summed E-state index contributed by atoms with van der Waals surface area (Å²) >= 11 is 6.97. The van der Waals surface area contributed by atoms with Gasteiger partial charge in [-0.1, -0.05) is 87.5 Å². The molecule has 230 valence electrons. The Morgan fingerprint density at radius 2 is 1.52 bits per heavy atom. The van der Waals surface area contributed by atoms with Gasteiger partial charge in [0.1, 0.15) is 4.90 Å². The topological polar surface area (TPSA) is 54.5 Å². The Bertz CT molecular complexity index is 1710. The van der Waals surface area contributed by atoms with Crippen LogP contribution in [0.1, 0.15) is 127 Å². The highest BCUT2D eigenvalue weighted by molar-refractivity contribution is 7.90. The van der Waals surface area contributed by atoms with Gasteiger partial charge in [-0.2, -0.15) is 0 Å². The zero-order valence-corrected chi connectivity index (χ0v) is 30.4. The number of carbonyl (C=O) groups is 1. The smallest absolute Gasteiger partial charge is 0.268 e. The molecule has 9 heteroatoms. The SMILES string of the molecule is CCCCC(CC)CN1C(=O)c2c(-c3cc4sc5cc(C(C)(C)CC)sc5c4s3)sc(C(C)(C)CCCC)c2S1(=O)=O. The number of amides is 1. The molecule has 4 aromatic rings. The first-order valence-corrected chi connectivity index (χ1v) is 20.2. The molecule has 0 radical (unpaired) electrons. The number of thiophene rings is 4. The molecule has 4 aromatic heterocycles. The van der Waals surface area contributed by atoms with Crippen LogP contribution in [-0.4, -0.2) is 25.2 Å². The first-order valence-electron chi connectivity index (χ1n) is 15.5. The minimum absolute atomic E-state index is 0.140. The molecule has 0 bridgehead atoms. The van der Waals surface area contributed by atoms with Crippen molar-refractivity contribution in [2.45, 2.75) is 122 Å². The van der Waals surface area contributed by atoms with Gasteiger partial charge in [0, 0.05) is 36.0 Å². The average Bonchev–Trinajstić information content (AvgIpc) is 3.73. The van der Waals surface area contributed by atoms with Gasteiger partial charge in [-0.25, -0.2) is 12.7 Å². The molecule has 0 N–H and O–H groups in total. The van der Waals surface area contributed by atoms with E-state index in [0.29, 0.717) is 10.5 Å². The Hall–Kier alpha value is -1.26. The number of fused-ring (bicyclic) bond motifs is 4. The highest BCUT2D eigenvalue weighted by Crippen LogP contribution is 2.54. The maximum atomic E-state index is 14.2. The zero-order valence-electron chi connectivity index (χ0n) is 26.3. The molecule has 0 aromatic carbocycles. The van der Waals surface area contributed by atoms with Crippen LogP contribution < -0.4 is 0 Å². The molecule has 42 heavy (non-hydrogen) atoms. The molecule has 4 nitrogen and oxygen atoms in total. The van der Waals surface area contributed by atoms with Crippen LogP contribution in [0.4, 0.5) is 0 Å². The van der Waals surface area contributed by atoms with Crippen molar-refractivity contribution in [1.82, 2.24) is 4.31 Å². The first-order chi connectivity index (χ1) is 19.8. The molecule has 0 saturated heterocycles. The number of nitrogens with zero attached hydrogens (tertiary/aromatic N) is 1. The number of rotatable bonds is 13. The van der Waals surface area contributed by atoms with E-state index in [4.69, 9.17) is 0 Å². The third-order valence-corrected chi connectivity index (χ3v) is 17.0. The van der Waals surface area contributed by atoms with Crippen LogP contribution in [0.15, 0.2) is 17.0 Å². The lowest BCUT2D eigenvalue weighted by Gasteiger charge is -2.26. The van der Waals surface area contributed by atoms with E-state index in [9.17, 15) is 13.2 Å². The minimum Gasteiger partial charge on any atom is -0.268 e. The van der Waals surface area contributed by atoms with Crippen LogP contribution in [0.5, 0.6) is 0 Å². The Labute approximate surface area is 268 Å². The summed E-state index contributed by atoms with van der Waals surface area (Å²) in [6.07, 6.45) is 7.95. The molecule has 0 saturated carbocycles. The maximum Gasteiger partial charge on any atom is 0.270 e. The van der Waals surface area contributed by atoms with Gasteiger partial charge in [-0.15, -0.1) is 45.3 Å². The van der Waals surface area contributed by atoms with Crippen molar-refractivity contribution in [3.05, 3.63) is 27.5 Å². The molecule has 1 atom stereocenters. The number of hydrogen-bond acceptors (Lipinski definition) is 7. The van der Waals surface area contributed by atoms with Gasteiger partial charge in [0.05, 0.1) is 19.8 Å². The van der Waals surface area contributed by atoms with Crippen molar-refractivity contribution in [2.75, 3.05) is 6.54 Å². The molecular weight excluding hydrogens is 619 g/mol. The van der Waals surface area contributed by atoms with Crippen LogP contribution in [0.25, 0.3) is 28.6 Å². The molecule has 1 aliphatic heterocycles. The van der Waals surface area contributed by atoms with Crippen LogP contribution in [-0.2, 0) is 20.9 Å². The molecule has 0 spiro atoms. The largest absolute Gasteiger partial charge is 0.270 e. The average molecular weight is 664 g/mol.